The fourth-order valence-electron chi connectivity index (χ4n) is 1.86. The van der Waals surface area contributed by atoms with Crippen LogP contribution >= 0.6 is 0 Å². The number of carbonyl (C=O) groups excluding carboxylic acids is 1. The molecule has 2 nitrogen and oxygen atoms in total. The normalized spacial score (nSPS) is 11.4. The van der Waals surface area contributed by atoms with Crippen molar-refractivity contribution >= 4 is 11.9 Å². The molecule has 19 heavy (non-hydrogen) atoms. The topological polar surface area (TPSA) is 43.1 Å². The van der Waals surface area contributed by atoms with Gasteiger partial charge in [-0.3, -0.25) is 4.79 Å². The van der Waals surface area contributed by atoms with E-state index in [1.54, 1.807) is 12.1 Å². The first-order valence-electron chi connectivity index (χ1n) is 6.28. The van der Waals surface area contributed by atoms with Gasteiger partial charge in [0.2, 0.25) is 0 Å². The zero-order valence-corrected chi connectivity index (χ0v) is 11.0. The molecule has 0 aliphatic carbocycles. The summed E-state index contributed by atoms with van der Waals surface area (Å²) in [6.45, 7) is 2.27. The molecule has 2 aromatic rings. The van der Waals surface area contributed by atoms with Crippen LogP contribution in [0.1, 0.15) is 21.5 Å². The van der Waals surface area contributed by atoms with Gasteiger partial charge in [-0.15, -0.1) is 0 Å². The van der Waals surface area contributed by atoms with Gasteiger partial charge in [-0.1, -0.05) is 60.2 Å². The number of carbonyl (C=O) groups is 1. The molecule has 2 rings (SSSR count). The Morgan fingerprint density at radius 2 is 1.68 bits per heavy atom. The van der Waals surface area contributed by atoms with Crippen LogP contribution in [0.25, 0.3) is 6.08 Å². The maximum absolute atomic E-state index is 12.3. The first-order chi connectivity index (χ1) is 9.20. The molecule has 0 saturated carbocycles. The highest BCUT2D eigenvalue weighted by atomic mass is 16.1. The van der Waals surface area contributed by atoms with Crippen LogP contribution < -0.4 is 5.73 Å². The van der Waals surface area contributed by atoms with Gasteiger partial charge in [0, 0.05) is 17.7 Å². The van der Waals surface area contributed by atoms with Crippen LogP contribution in [-0.4, -0.2) is 12.3 Å². The summed E-state index contributed by atoms with van der Waals surface area (Å²) >= 11 is 0. The summed E-state index contributed by atoms with van der Waals surface area (Å²) in [5.74, 6) is -0.0105. The molecule has 0 radical (unpaired) electrons. The molecular formula is C17H17NO. The Morgan fingerprint density at radius 3 is 2.26 bits per heavy atom. The van der Waals surface area contributed by atoms with E-state index in [0.717, 1.165) is 5.56 Å². The highest BCUT2D eigenvalue weighted by Crippen LogP contribution is 2.12. The molecule has 2 heteroatoms. The van der Waals surface area contributed by atoms with Crippen molar-refractivity contribution in [3.8, 4) is 0 Å². The lowest BCUT2D eigenvalue weighted by molar-refractivity contribution is 0.103. The Morgan fingerprint density at radius 1 is 1.05 bits per heavy atom. The second-order valence-corrected chi connectivity index (χ2v) is 4.48. The standard InChI is InChI=1S/C17H17NO/c1-13-7-9-14(10-8-13)11-16(12-18)17(19)15-5-3-2-4-6-15/h2-11H,12,18H2,1H3/b16-11+. The number of hydrogen-bond donors (Lipinski definition) is 1. The summed E-state index contributed by atoms with van der Waals surface area (Å²) in [6.07, 6.45) is 1.86. The van der Waals surface area contributed by atoms with Crippen LogP contribution in [0.15, 0.2) is 60.2 Å². The fraction of sp³-hybridized carbons (Fsp3) is 0.118. The molecule has 0 aliphatic rings. The molecular weight excluding hydrogens is 234 g/mol. The molecule has 2 N–H and O–H groups in total. The maximum Gasteiger partial charge on any atom is 0.190 e. The van der Waals surface area contributed by atoms with Crippen molar-refractivity contribution in [2.24, 2.45) is 5.73 Å². The molecule has 0 aliphatic heterocycles. The number of aryl methyl sites for hydroxylation is 1. The van der Waals surface area contributed by atoms with E-state index in [2.05, 4.69) is 0 Å². The summed E-state index contributed by atoms with van der Waals surface area (Å²) in [6, 6.07) is 17.2. The van der Waals surface area contributed by atoms with Gasteiger partial charge in [0.1, 0.15) is 0 Å². The van der Waals surface area contributed by atoms with E-state index in [9.17, 15) is 4.79 Å². The summed E-state index contributed by atoms with van der Waals surface area (Å²) < 4.78 is 0. The average Bonchev–Trinajstić information content (AvgIpc) is 2.47. The van der Waals surface area contributed by atoms with E-state index in [-0.39, 0.29) is 12.3 Å². The predicted molar refractivity (Wildman–Crippen MR) is 79.0 cm³/mol. The lowest BCUT2D eigenvalue weighted by Crippen LogP contribution is -2.13. The van der Waals surface area contributed by atoms with Crippen molar-refractivity contribution in [3.05, 3.63) is 76.9 Å². The smallest absolute Gasteiger partial charge is 0.190 e. The van der Waals surface area contributed by atoms with Crippen LogP contribution in [0.5, 0.6) is 0 Å². The highest BCUT2D eigenvalue weighted by molar-refractivity contribution is 6.11. The monoisotopic (exact) mass is 251 g/mol. The van der Waals surface area contributed by atoms with Crippen molar-refractivity contribution in [1.29, 1.82) is 0 Å². The van der Waals surface area contributed by atoms with Gasteiger partial charge in [0.25, 0.3) is 0 Å². The van der Waals surface area contributed by atoms with E-state index in [1.807, 2.05) is 55.5 Å². The lowest BCUT2D eigenvalue weighted by atomic mass is 10.0. The molecule has 2 aromatic carbocycles. The Bertz CT molecular complexity index is 582. The van der Waals surface area contributed by atoms with Gasteiger partial charge in [0.05, 0.1) is 0 Å². The SMILES string of the molecule is Cc1ccc(/C=C(\CN)C(=O)c2ccccc2)cc1. The number of benzene rings is 2. The zero-order valence-electron chi connectivity index (χ0n) is 11.0. The third kappa shape index (κ3) is 3.39. The minimum atomic E-state index is -0.0105. The van der Waals surface area contributed by atoms with Gasteiger partial charge >= 0.3 is 0 Å². The zero-order chi connectivity index (χ0) is 13.7. The van der Waals surface area contributed by atoms with E-state index >= 15 is 0 Å². The van der Waals surface area contributed by atoms with E-state index in [4.69, 9.17) is 5.73 Å². The summed E-state index contributed by atoms with van der Waals surface area (Å²) in [5.41, 5.74) is 9.18. The number of Topliss-reactive ketones (excluding diaryl/α,β-unsaturated/α-hetero) is 1. The van der Waals surface area contributed by atoms with Gasteiger partial charge in [-0.2, -0.15) is 0 Å². The number of rotatable bonds is 4. The van der Waals surface area contributed by atoms with Crippen molar-refractivity contribution in [2.75, 3.05) is 6.54 Å². The Balaban J connectivity index is 2.29. The molecule has 0 unspecified atom stereocenters. The van der Waals surface area contributed by atoms with Gasteiger partial charge in [0.15, 0.2) is 5.78 Å². The van der Waals surface area contributed by atoms with E-state index in [1.165, 1.54) is 5.56 Å². The van der Waals surface area contributed by atoms with Crippen LogP contribution in [-0.2, 0) is 0 Å². The minimum absolute atomic E-state index is 0.0105. The summed E-state index contributed by atoms with van der Waals surface area (Å²) in [5, 5.41) is 0. The Kier molecular flexibility index (Phi) is 4.26. The van der Waals surface area contributed by atoms with E-state index in [0.29, 0.717) is 11.1 Å². The van der Waals surface area contributed by atoms with Crippen LogP contribution in [0.4, 0.5) is 0 Å². The molecule has 0 amide bonds. The molecule has 96 valence electrons. The number of ketones is 1. The Labute approximate surface area is 113 Å². The summed E-state index contributed by atoms with van der Waals surface area (Å²) in [7, 11) is 0. The van der Waals surface area contributed by atoms with Crippen molar-refractivity contribution < 1.29 is 4.79 Å². The first-order valence-corrected chi connectivity index (χ1v) is 6.28. The maximum atomic E-state index is 12.3. The quantitative estimate of drug-likeness (QED) is 0.669. The second kappa shape index (κ2) is 6.12. The second-order valence-electron chi connectivity index (χ2n) is 4.48. The molecule has 0 bridgehead atoms. The molecule has 0 heterocycles. The van der Waals surface area contributed by atoms with Gasteiger partial charge in [-0.25, -0.2) is 0 Å². The third-order valence-electron chi connectivity index (χ3n) is 2.97. The van der Waals surface area contributed by atoms with Crippen LogP contribution in [0.2, 0.25) is 0 Å². The largest absolute Gasteiger partial charge is 0.326 e. The van der Waals surface area contributed by atoms with Crippen molar-refractivity contribution in [3.63, 3.8) is 0 Å². The average molecular weight is 251 g/mol. The summed E-state index contributed by atoms with van der Waals surface area (Å²) in [4.78, 5) is 12.3. The molecule has 0 saturated heterocycles. The number of hydrogen-bond acceptors (Lipinski definition) is 2. The van der Waals surface area contributed by atoms with Crippen LogP contribution in [0, 0.1) is 6.92 Å². The fourth-order valence-corrected chi connectivity index (χ4v) is 1.86. The van der Waals surface area contributed by atoms with E-state index < -0.39 is 0 Å². The molecule has 0 atom stereocenters. The van der Waals surface area contributed by atoms with Crippen molar-refractivity contribution in [2.45, 2.75) is 6.92 Å². The Hall–Kier alpha value is -2.19. The minimum Gasteiger partial charge on any atom is -0.326 e. The number of nitrogens with two attached hydrogens (primary N) is 1. The van der Waals surface area contributed by atoms with Gasteiger partial charge in [-0.05, 0) is 18.6 Å². The lowest BCUT2D eigenvalue weighted by Gasteiger charge is -2.04. The third-order valence-corrected chi connectivity index (χ3v) is 2.97. The highest BCUT2D eigenvalue weighted by Gasteiger charge is 2.10. The van der Waals surface area contributed by atoms with Crippen LogP contribution in [0.3, 0.4) is 0 Å². The molecule has 0 spiro atoms. The molecule has 0 fully saturated rings. The van der Waals surface area contributed by atoms with Crippen molar-refractivity contribution in [1.82, 2.24) is 0 Å². The first kappa shape index (κ1) is 13.2. The predicted octanol–water partition coefficient (Wildman–Crippen LogP) is 3.22. The molecule has 0 aromatic heterocycles. The van der Waals surface area contributed by atoms with Gasteiger partial charge < -0.3 is 5.73 Å².